The third-order valence-corrected chi connectivity index (χ3v) is 4.02. The molecule has 6 nitrogen and oxygen atoms in total. The number of ether oxygens (including phenoxy) is 1. The van der Waals surface area contributed by atoms with Crippen LogP contribution in [0.4, 0.5) is 0 Å². The van der Waals surface area contributed by atoms with Crippen LogP contribution in [-0.2, 0) is 10.0 Å². The number of sulfonamides is 1. The van der Waals surface area contributed by atoms with E-state index in [0.717, 1.165) is 5.76 Å². The minimum Gasteiger partial charge on any atom is -0.497 e. The molecule has 2 rings (SSSR count). The molecule has 1 aromatic carbocycles. The van der Waals surface area contributed by atoms with Crippen molar-refractivity contribution in [2.45, 2.75) is 18.7 Å². The normalized spacial score (nSPS) is 12.2. The van der Waals surface area contributed by atoms with Crippen molar-refractivity contribution in [2.24, 2.45) is 5.10 Å². The molecule has 0 saturated carbocycles. The Bertz CT molecular complexity index is 746. The standard InChI is InChI=1S/C14H16N2O4S/c1-10-4-9-14(20-10)11(2)15-16-21(17,18)13-7-5-12(19-3)6-8-13/h4-9,16H,1-3H3/b15-11+. The van der Waals surface area contributed by atoms with Crippen LogP contribution in [0, 0.1) is 6.92 Å². The van der Waals surface area contributed by atoms with Gasteiger partial charge >= 0.3 is 0 Å². The molecule has 0 aliphatic heterocycles. The Morgan fingerprint density at radius 3 is 2.38 bits per heavy atom. The number of hydrogen-bond donors (Lipinski definition) is 1. The Hall–Kier alpha value is -2.28. The van der Waals surface area contributed by atoms with E-state index in [4.69, 9.17) is 9.15 Å². The van der Waals surface area contributed by atoms with Crippen molar-refractivity contribution in [3.63, 3.8) is 0 Å². The monoisotopic (exact) mass is 308 g/mol. The molecule has 1 heterocycles. The van der Waals surface area contributed by atoms with Crippen LogP contribution >= 0.6 is 0 Å². The molecule has 2 aromatic rings. The lowest BCUT2D eigenvalue weighted by Gasteiger charge is -2.05. The van der Waals surface area contributed by atoms with Crippen molar-refractivity contribution in [2.75, 3.05) is 7.11 Å². The molecule has 0 fully saturated rings. The average Bonchev–Trinajstić information content (AvgIpc) is 2.91. The largest absolute Gasteiger partial charge is 0.497 e. The predicted molar refractivity (Wildman–Crippen MR) is 79.0 cm³/mol. The lowest BCUT2D eigenvalue weighted by molar-refractivity contribution is 0.414. The quantitative estimate of drug-likeness (QED) is 0.679. The first-order valence-electron chi connectivity index (χ1n) is 6.19. The molecular weight excluding hydrogens is 292 g/mol. The maximum absolute atomic E-state index is 12.1. The van der Waals surface area contributed by atoms with E-state index in [-0.39, 0.29) is 4.90 Å². The zero-order chi connectivity index (χ0) is 15.5. The average molecular weight is 308 g/mol. The van der Waals surface area contributed by atoms with Gasteiger partial charge in [-0.3, -0.25) is 0 Å². The number of hydrazone groups is 1. The van der Waals surface area contributed by atoms with E-state index in [1.807, 2.05) is 0 Å². The Labute approximate surface area is 123 Å². The summed E-state index contributed by atoms with van der Waals surface area (Å²) in [5.74, 6) is 1.84. The molecule has 0 saturated heterocycles. The zero-order valence-electron chi connectivity index (χ0n) is 12.0. The van der Waals surface area contributed by atoms with E-state index in [9.17, 15) is 8.42 Å². The second-order valence-corrected chi connectivity index (χ2v) is 6.04. The molecule has 0 spiro atoms. The highest BCUT2D eigenvalue weighted by Gasteiger charge is 2.13. The van der Waals surface area contributed by atoms with Crippen LogP contribution in [-0.4, -0.2) is 21.2 Å². The first kappa shape index (κ1) is 15.1. The minimum absolute atomic E-state index is 0.107. The van der Waals surface area contributed by atoms with Crippen molar-refractivity contribution in [1.82, 2.24) is 4.83 Å². The van der Waals surface area contributed by atoms with Gasteiger partial charge in [-0.15, -0.1) is 0 Å². The fourth-order valence-corrected chi connectivity index (χ4v) is 2.48. The van der Waals surface area contributed by atoms with Crippen LogP contribution in [0.25, 0.3) is 0 Å². The Morgan fingerprint density at radius 1 is 1.19 bits per heavy atom. The molecule has 112 valence electrons. The first-order chi connectivity index (χ1) is 9.92. The second-order valence-electron chi connectivity index (χ2n) is 4.38. The summed E-state index contributed by atoms with van der Waals surface area (Å²) in [5, 5.41) is 3.85. The minimum atomic E-state index is -3.72. The number of aryl methyl sites for hydroxylation is 1. The fraction of sp³-hybridized carbons (Fsp3) is 0.214. The third-order valence-electron chi connectivity index (χ3n) is 2.80. The summed E-state index contributed by atoms with van der Waals surface area (Å²) in [4.78, 5) is 2.29. The number of nitrogens with zero attached hydrogens (tertiary/aromatic N) is 1. The predicted octanol–water partition coefficient (Wildman–Crippen LogP) is 2.30. The van der Waals surface area contributed by atoms with Crippen molar-refractivity contribution < 1.29 is 17.6 Å². The third kappa shape index (κ3) is 3.63. The van der Waals surface area contributed by atoms with Crippen LogP contribution in [0.5, 0.6) is 5.75 Å². The van der Waals surface area contributed by atoms with E-state index < -0.39 is 10.0 Å². The smallest absolute Gasteiger partial charge is 0.276 e. The maximum atomic E-state index is 12.1. The van der Waals surface area contributed by atoms with Crippen LogP contribution < -0.4 is 9.57 Å². The van der Waals surface area contributed by atoms with Gasteiger partial charge in [-0.1, -0.05) is 0 Å². The van der Waals surface area contributed by atoms with Gasteiger partial charge in [0.25, 0.3) is 10.0 Å². The van der Waals surface area contributed by atoms with Gasteiger partial charge in [0.1, 0.15) is 23.0 Å². The molecule has 0 bridgehead atoms. The van der Waals surface area contributed by atoms with E-state index in [0.29, 0.717) is 17.2 Å². The molecule has 1 N–H and O–H groups in total. The van der Waals surface area contributed by atoms with Crippen molar-refractivity contribution in [1.29, 1.82) is 0 Å². The van der Waals surface area contributed by atoms with Gasteiger partial charge in [-0.25, -0.2) is 0 Å². The highest BCUT2D eigenvalue weighted by atomic mass is 32.2. The second kappa shape index (κ2) is 6.01. The highest BCUT2D eigenvalue weighted by molar-refractivity contribution is 7.89. The van der Waals surface area contributed by atoms with Crippen LogP contribution in [0.3, 0.4) is 0 Å². The van der Waals surface area contributed by atoms with Gasteiger partial charge < -0.3 is 9.15 Å². The topological polar surface area (TPSA) is 80.9 Å². The Kier molecular flexibility index (Phi) is 4.32. The van der Waals surface area contributed by atoms with Crippen LogP contribution in [0.1, 0.15) is 18.4 Å². The van der Waals surface area contributed by atoms with Gasteiger partial charge in [0, 0.05) is 0 Å². The number of hydrogen-bond acceptors (Lipinski definition) is 5. The molecular formula is C14H16N2O4S. The molecule has 1 aromatic heterocycles. The first-order valence-corrected chi connectivity index (χ1v) is 7.67. The molecule has 0 aliphatic carbocycles. The molecule has 0 radical (unpaired) electrons. The van der Waals surface area contributed by atoms with E-state index >= 15 is 0 Å². The van der Waals surface area contributed by atoms with Gasteiger partial charge in [0.15, 0.2) is 0 Å². The van der Waals surface area contributed by atoms with Gasteiger partial charge in [0.2, 0.25) is 0 Å². The summed E-state index contributed by atoms with van der Waals surface area (Å²) >= 11 is 0. The van der Waals surface area contributed by atoms with Crippen LogP contribution in [0.2, 0.25) is 0 Å². The number of rotatable bonds is 5. The fourth-order valence-electron chi connectivity index (χ4n) is 1.62. The van der Waals surface area contributed by atoms with Crippen molar-refractivity contribution in [3.8, 4) is 5.75 Å². The SMILES string of the molecule is COc1ccc(S(=O)(=O)N/N=C(\C)c2ccc(C)o2)cc1. The Morgan fingerprint density at radius 2 is 1.86 bits per heavy atom. The summed E-state index contributed by atoms with van der Waals surface area (Å²) in [6.45, 7) is 3.47. The van der Waals surface area contributed by atoms with Crippen molar-refractivity contribution in [3.05, 3.63) is 47.9 Å². The molecule has 21 heavy (non-hydrogen) atoms. The van der Waals surface area contributed by atoms with E-state index in [1.54, 1.807) is 38.1 Å². The van der Waals surface area contributed by atoms with E-state index in [2.05, 4.69) is 9.93 Å². The number of benzene rings is 1. The van der Waals surface area contributed by atoms with Crippen LogP contribution in [0.15, 0.2) is 50.8 Å². The van der Waals surface area contributed by atoms with Crippen molar-refractivity contribution >= 4 is 15.7 Å². The summed E-state index contributed by atoms with van der Waals surface area (Å²) in [6, 6.07) is 9.55. The van der Waals surface area contributed by atoms with E-state index in [1.165, 1.54) is 19.2 Å². The molecule has 0 atom stereocenters. The number of nitrogens with one attached hydrogen (secondary N) is 1. The lowest BCUT2D eigenvalue weighted by Crippen LogP contribution is -2.19. The Balaban J connectivity index is 2.17. The molecule has 0 unspecified atom stereocenters. The summed E-state index contributed by atoms with van der Waals surface area (Å²) in [5.41, 5.74) is 0.445. The van der Waals surface area contributed by atoms with Gasteiger partial charge in [-0.05, 0) is 50.2 Å². The molecule has 0 aliphatic rings. The number of methoxy groups -OCH3 is 1. The summed E-state index contributed by atoms with van der Waals surface area (Å²) in [7, 11) is -2.20. The zero-order valence-corrected chi connectivity index (χ0v) is 12.8. The highest BCUT2D eigenvalue weighted by Crippen LogP contribution is 2.15. The molecule has 7 heteroatoms. The summed E-state index contributed by atoms with van der Waals surface area (Å²) in [6.07, 6.45) is 0. The maximum Gasteiger partial charge on any atom is 0.276 e. The summed E-state index contributed by atoms with van der Waals surface area (Å²) < 4.78 is 34.5. The molecule has 0 amide bonds. The lowest BCUT2D eigenvalue weighted by atomic mass is 10.3. The van der Waals surface area contributed by atoms with Gasteiger partial charge in [0.05, 0.1) is 12.0 Å². The van der Waals surface area contributed by atoms with Gasteiger partial charge in [-0.2, -0.15) is 18.4 Å². The number of furan rings is 1.